The first-order valence-corrected chi connectivity index (χ1v) is 27.1. The topological polar surface area (TPSA) is 444 Å². The zero-order chi connectivity index (χ0) is 55.1. The number of amides is 11. The molecule has 0 aliphatic heterocycles. The molecular weight excluding hydrogens is 1010 g/mol. The van der Waals surface area contributed by atoms with E-state index in [0.717, 1.165) is 0 Å². The van der Waals surface area contributed by atoms with Crippen molar-refractivity contribution in [1.82, 2.24) is 53.2 Å². The summed E-state index contributed by atoms with van der Waals surface area (Å²) in [6.07, 6.45) is 4.28. The summed E-state index contributed by atoms with van der Waals surface area (Å²) in [6, 6.07) is -11.7. The quantitative estimate of drug-likeness (QED) is 0.0258. The van der Waals surface area contributed by atoms with Crippen LogP contribution < -0.4 is 70.4 Å². The van der Waals surface area contributed by atoms with Crippen LogP contribution in [0.5, 0.6) is 0 Å². The van der Waals surface area contributed by atoms with E-state index in [2.05, 4.69) is 53.2 Å². The second kappa shape index (κ2) is 36.5. The third-order valence-electron chi connectivity index (χ3n) is 10.3. The number of nitrogens with one attached hydrogen (secondary N) is 10. The highest BCUT2D eigenvalue weighted by Crippen LogP contribution is 2.08. The maximum Gasteiger partial charge on any atom is 0.325 e. The van der Waals surface area contributed by atoms with Crippen LogP contribution in [0.2, 0.25) is 0 Å². The van der Waals surface area contributed by atoms with Gasteiger partial charge in [-0.1, -0.05) is 0 Å². The van der Waals surface area contributed by atoms with Gasteiger partial charge in [0.1, 0.15) is 48.3 Å². The lowest BCUT2D eigenvalue weighted by atomic mass is 10.1. The second-order valence-electron chi connectivity index (χ2n) is 16.5. The van der Waals surface area contributed by atoms with Crippen LogP contribution in [0.15, 0.2) is 0 Å². The van der Waals surface area contributed by atoms with Gasteiger partial charge < -0.3 is 80.6 Å². The van der Waals surface area contributed by atoms with Gasteiger partial charge in [-0.3, -0.25) is 57.5 Å². The first-order valence-electron chi connectivity index (χ1n) is 22.9. The van der Waals surface area contributed by atoms with Crippen LogP contribution in [0, 0.1) is 0 Å². The van der Waals surface area contributed by atoms with Crippen molar-refractivity contribution in [3.63, 3.8) is 0 Å². The van der Waals surface area contributed by atoms with Gasteiger partial charge in [0.05, 0.1) is 31.7 Å². The highest BCUT2D eigenvalue weighted by atomic mass is 32.2. The number of unbranched alkanes of at least 4 members (excludes halogenated alkanes) is 1. The molecule has 410 valence electrons. The summed E-state index contributed by atoms with van der Waals surface area (Å²) in [5, 5.41) is 43.2. The zero-order valence-corrected chi connectivity index (χ0v) is 44.2. The molecule has 0 saturated heterocycles. The van der Waals surface area contributed by atoms with Gasteiger partial charge in [-0.25, -0.2) is 0 Å². The fourth-order valence-corrected chi connectivity index (χ4v) is 7.46. The minimum atomic E-state index is -1.68. The number of nitrogens with two attached hydrogens (primary N) is 3. The molecule has 72 heavy (non-hydrogen) atoms. The van der Waals surface area contributed by atoms with Crippen molar-refractivity contribution in [1.29, 1.82) is 0 Å². The molecule has 11 amide bonds. The van der Waals surface area contributed by atoms with Crippen molar-refractivity contribution in [2.45, 2.75) is 133 Å². The summed E-state index contributed by atoms with van der Waals surface area (Å²) in [5.41, 5.74) is 17.0. The predicted octanol–water partition coefficient (Wildman–Crippen LogP) is -5.79. The Morgan fingerprint density at radius 3 is 1.44 bits per heavy atom. The molecule has 10 atom stereocenters. The first-order chi connectivity index (χ1) is 33.8. The van der Waals surface area contributed by atoms with E-state index < -0.39 is 151 Å². The van der Waals surface area contributed by atoms with Crippen molar-refractivity contribution in [3.8, 4) is 0 Å². The fraction of sp³-hybridized carbons (Fsp3) is 0.714. The molecule has 0 aromatic rings. The number of carboxylic acid groups (broad SMARTS) is 1. The van der Waals surface area contributed by atoms with Gasteiger partial charge in [0.2, 0.25) is 65.0 Å². The molecule has 30 heteroatoms. The lowest BCUT2D eigenvalue weighted by molar-refractivity contribution is -0.141. The average Bonchev–Trinajstić information content (AvgIpc) is 3.31. The number of hydrogen-bond acceptors (Lipinski definition) is 18. The summed E-state index contributed by atoms with van der Waals surface area (Å²) in [4.78, 5) is 154. The molecule has 0 aromatic heterocycles. The van der Waals surface area contributed by atoms with Crippen LogP contribution in [-0.2, 0) is 57.5 Å². The Morgan fingerprint density at radius 1 is 0.486 bits per heavy atom. The minimum absolute atomic E-state index is 0.00129. The number of aliphatic hydroxyl groups is 1. The molecule has 0 aromatic carbocycles. The summed E-state index contributed by atoms with van der Waals surface area (Å²) in [5.74, 6) is -9.48. The Labute approximate surface area is 431 Å². The molecule has 0 aliphatic rings. The van der Waals surface area contributed by atoms with E-state index in [4.69, 9.17) is 22.3 Å². The van der Waals surface area contributed by atoms with Crippen LogP contribution in [0.4, 0.5) is 0 Å². The lowest BCUT2D eigenvalue weighted by Gasteiger charge is -2.27. The maximum absolute atomic E-state index is 13.8. The third-order valence-corrected chi connectivity index (χ3v) is 12.2. The van der Waals surface area contributed by atoms with Gasteiger partial charge in [0, 0.05) is 0 Å². The van der Waals surface area contributed by atoms with Gasteiger partial charge in [-0.15, -0.1) is 0 Å². The van der Waals surface area contributed by atoms with Gasteiger partial charge in [0.15, 0.2) is 0 Å². The maximum atomic E-state index is 13.8. The van der Waals surface area contributed by atoms with Crippen LogP contribution in [-0.4, -0.2) is 197 Å². The molecule has 0 rings (SSSR count). The Kier molecular flexibility index (Phi) is 33.7. The highest BCUT2D eigenvalue weighted by molar-refractivity contribution is 7.98. The van der Waals surface area contributed by atoms with E-state index in [1.165, 1.54) is 63.0 Å². The average molecular weight is 1080 g/mol. The third kappa shape index (κ3) is 27.4. The molecule has 0 bridgehead atoms. The van der Waals surface area contributed by atoms with Crippen LogP contribution in [0.3, 0.4) is 0 Å². The van der Waals surface area contributed by atoms with E-state index in [-0.39, 0.29) is 32.2 Å². The number of primary amides is 1. The van der Waals surface area contributed by atoms with Gasteiger partial charge >= 0.3 is 5.97 Å². The van der Waals surface area contributed by atoms with Gasteiger partial charge in [-0.2, -0.15) is 35.3 Å². The Balaban J connectivity index is 5.92. The molecule has 0 spiro atoms. The monoisotopic (exact) mass is 1080 g/mol. The van der Waals surface area contributed by atoms with Gasteiger partial charge in [-0.05, 0) is 109 Å². The summed E-state index contributed by atoms with van der Waals surface area (Å²) in [6.45, 7) is 4.06. The van der Waals surface area contributed by atoms with Crippen molar-refractivity contribution in [3.05, 3.63) is 0 Å². The van der Waals surface area contributed by atoms with E-state index in [1.54, 1.807) is 12.5 Å². The minimum Gasteiger partial charge on any atom is -0.480 e. The van der Waals surface area contributed by atoms with Crippen molar-refractivity contribution in [2.75, 3.05) is 55.7 Å². The van der Waals surface area contributed by atoms with Crippen LogP contribution in [0.1, 0.15) is 72.6 Å². The first kappa shape index (κ1) is 66.6. The molecule has 27 nitrogen and oxygen atoms in total. The standard InChI is InChI=1S/C42H75N13O14S3/c1-21(34(60)46-19-31(58)48-22(2)35(61)50-23(3)42(68)69)49-38(64)27(12-16-71-6)51-32(59)20-47-37(63)26(10-8-9-14-43)52-39(65)28(13-17-72-7)53-40(66)29(18-30(45)57)54-41(67)33(24(4)56)55-36(62)25(44)11-15-70-5/h21-29,33,56H,8-20,43-44H2,1-7H3,(H2,45,57)(H,46,60)(H,47,63)(H,48,58)(H,49,64)(H,50,61)(H,51,59)(H,52,65)(H,53,66)(H,54,67)(H,55,62)(H,68,69)/t21-,22-,23-,24+,25-,26-,27-,28-,29-,33-/m0/s1. The number of aliphatic carboxylic acids is 1. The molecule has 0 aliphatic carbocycles. The van der Waals surface area contributed by atoms with Gasteiger partial charge in [0.25, 0.3) is 0 Å². The SMILES string of the molecule is CSCC[C@H](NC(=O)CNC(=O)[C@H](CCCCN)NC(=O)[C@H](CCSC)NC(=O)[C@H](CC(N)=O)NC(=O)[C@@H](NC(=O)[C@@H](N)CCSC)[C@@H](C)O)C(=O)N[C@@H](C)C(=O)NCC(=O)N[C@@H](C)C(=O)N[C@@H](C)C(=O)O. The molecular formula is C42H75N13O14S3. The second-order valence-corrected chi connectivity index (χ2v) is 19.4. The molecule has 0 fully saturated rings. The molecule has 0 heterocycles. The highest BCUT2D eigenvalue weighted by Gasteiger charge is 2.34. The summed E-state index contributed by atoms with van der Waals surface area (Å²) < 4.78 is 0. The Hall–Kier alpha value is -5.43. The molecule has 18 N–H and O–H groups in total. The lowest BCUT2D eigenvalue weighted by Crippen LogP contribution is -2.61. The van der Waals surface area contributed by atoms with Crippen molar-refractivity contribution < 1.29 is 67.7 Å². The Morgan fingerprint density at radius 2 is 0.931 bits per heavy atom. The predicted molar refractivity (Wildman–Crippen MR) is 271 cm³/mol. The van der Waals surface area contributed by atoms with E-state index in [0.29, 0.717) is 30.1 Å². The number of aliphatic hydroxyl groups excluding tert-OH is 1. The fourth-order valence-electron chi connectivity index (χ4n) is 6.02. The normalized spacial score (nSPS) is 15.1. The van der Waals surface area contributed by atoms with E-state index >= 15 is 0 Å². The smallest absolute Gasteiger partial charge is 0.325 e. The number of rotatable bonds is 37. The van der Waals surface area contributed by atoms with E-state index in [9.17, 15) is 62.6 Å². The number of carbonyl (C=O) groups excluding carboxylic acids is 11. The van der Waals surface area contributed by atoms with Crippen molar-refractivity contribution >= 4 is 106 Å². The molecule has 0 saturated carbocycles. The molecule has 0 unspecified atom stereocenters. The number of carboxylic acids is 1. The summed E-state index contributed by atoms with van der Waals surface area (Å²) in [7, 11) is 0. The van der Waals surface area contributed by atoms with Crippen molar-refractivity contribution in [2.24, 2.45) is 17.2 Å². The van der Waals surface area contributed by atoms with Crippen LogP contribution >= 0.6 is 35.3 Å². The number of hydrogen-bond donors (Lipinski definition) is 15. The molecule has 0 radical (unpaired) electrons. The van der Waals surface area contributed by atoms with E-state index in [1.807, 2.05) is 6.26 Å². The number of thioether (sulfide) groups is 3. The summed E-state index contributed by atoms with van der Waals surface area (Å²) >= 11 is 4.12. The number of carbonyl (C=O) groups is 12. The Bertz CT molecular complexity index is 1850. The van der Waals surface area contributed by atoms with Crippen LogP contribution in [0.25, 0.3) is 0 Å². The zero-order valence-electron chi connectivity index (χ0n) is 41.7. The largest absolute Gasteiger partial charge is 0.480 e.